The van der Waals surface area contributed by atoms with Crippen molar-refractivity contribution in [1.29, 1.82) is 0 Å². The highest BCUT2D eigenvalue weighted by Crippen LogP contribution is 2.38. The Kier molecular flexibility index (Phi) is 4.29. The maximum atomic E-state index is 6.13. The molecule has 0 aliphatic carbocycles. The van der Waals surface area contributed by atoms with Crippen LogP contribution in [0.5, 0.6) is 0 Å². The summed E-state index contributed by atoms with van der Waals surface area (Å²) in [6.07, 6.45) is 0. The number of rotatable bonds is 4. The molecule has 16 heavy (non-hydrogen) atoms. The molecule has 0 aliphatic rings. The molecule has 4 heteroatoms. The first-order valence-electron chi connectivity index (χ1n) is 4.94. The minimum Gasteiger partial charge on any atom is -0.329 e. The molecule has 2 rings (SSSR count). The van der Waals surface area contributed by atoms with E-state index < -0.39 is 0 Å². The lowest BCUT2D eigenvalue weighted by molar-refractivity contribution is 0.946. The zero-order valence-corrected chi connectivity index (χ0v) is 11.0. The molecule has 0 aliphatic heterocycles. The minimum atomic E-state index is 0.283. The lowest BCUT2D eigenvalue weighted by Gasteiger charge is -2.13. The standard InChI is InChI=1S/C12H12ClNS2/c13-10-3-1-2-4-11(10)16-12(7-14)9-5-6-15-8-9/h1-6,8,12H,7,14H2. The summed E-state index contributed by atoms with van der Waals surface area (Å²) in [6, 6.07) is 9.99. The maximum absolute atomic E-state index is 6.13. The molecular formula is C12H12ClNS2. The third kappa shape index (κ3) is 2.80. The van der Waals surface area contributed by atoms with Crippen LogP contribution in [0.15, 0.2) is 46.0 Å². The Bertz CT molecular complexity index is 442. The average molecular weight is 270 g/mol. The first-order valence-corrected chi connectivity index (χ1v) is 7.14. The van der Waals surface area contributed by atoms with Crippen molar-refractivity contribution in [3.63, 3.8) is 0 Å². The highest BCUT2D eigenvalue weighted by molar-refractivity contribution is 7.99. The normalized spacial score (nSPS) is 12.6. The number of halogens is 1. The fourth-order valence-electron chi connectivity index (χ4n) is 1.40. The summed E-state index contributed by atoms with van der Waals surface area (Å²) in [6.45, 7) is 0.618. The Morgan fingerprint density at radius 3 is 2.75 bits per heavy atom. The van der Waals surface area contributed by atoms with E-state index in [2.05, 4.69) is 16.8 Å². The van der Waals surface area contributed by atoms with E-state index in [1.807, 2.05) is 24.3 Å². The van der Waals surface area contributed by atoms with Gasteiger partial charge in [-0.3, -0.25) is 0 Å². The fraction of sp³-hybridized carbons (Fsp3) is 0.167. The van der Waals surface area contributed by atoms with Crippen LogP contribution in [-0.4, -0.2) is 6.54 Å². The predicted molar refractivity (Wildman–Crippen MR) is 73.4 cm³/mol. The van der Waals surface area contributed by atoms with Crippen molar-refractivity contribution >= 4 is 34.7 Å². The second-order valence-electron chi connectivity index (χ2n) is 3.33. The van der Waals surface area contributed by atoms with Gasteiger partial charge >= 0.3 is 0 Å². The van der Waals surface area contributed by atoms with Crippen LogP contribution in [0.1, 0.15) is 10.8 Å². The van der Waals surface area contributed by atoms with Crippen LogP contribution in [0.2, 0.25) is 5.02 Å². The average Bonchev–Trinajstić information content (AvgIpc) is 2.81. The number of thiophene rings is 1. The molecule has 0 amide bonds. The third-order valence-electron chi connectivity index (χ3n) is 2.23. The highest BCUT2D eigenvalue weighted by atomic mass is 35.5. The van der Waals surface area contributed by atoms with Crippen molar-refractivity contribution in [3.05, 3.63) is 51.7 Å². The molecule has 1 nitrogen and oxygen atoms in total. The molecule has 1 heterocycles. The van der Waals surface area contributed by atoms with Gasteiger partial charge in [0.1, 0.15) is 0 Å². The molecule has 0 bridgehead atoms. The van der Waals surface area contributed by atoms with Crippen molar-refractivity contribution in [1.82, 2.24) is 0 Å². The molecule has 2 aromatic rings. The summed E-state index contributed by atoms with van der Waals surface area (Å²) in [5.41, 5.74) is 7.08. The molecule has 84 valence electrons. The van der Waals surface area contributed by atoms with Gasteiger partial charge < -0.3 is 5.73 Å². The molecule has 0 fully saturated rings. The largest absolute Gasteiger partial charge is 0.329 e. The van der Waals surface area contributed by atoms with Crippen LogP contribution in [0.4, 0.5) is 0 Å². The zero-order chi connectivity index (χ0) is 11.4. The molecule has 1 aromatic carbocycles. The summed E-state index contributed by atoms with van der Waals surface area (Å²) in [5, 5.41) is 5.29. The number of benzene rings is 1. The Balaban J connectivity index is 2.17. The molecule has 0 spiro atoms. The summed E-state index contributed by atoms with van der Waals surface area (Å²) >= 11 is 9.55. The summed E-state index contributed by atoms with van der Waals surface area (Å²) < 4.78 is 0. The molecular weight excluding hydrogens is 258 g/mol. The van der Waals surface area contributed by atoms with Crippen LogP contribution in [-0.2, 0) is 0 Å². The molecule has 1 unspecified atom stereocenters. The summed E-state index contributed by atoms with van der Waals surface area (Å²) in [4.78, 5) is 1.09. The van der Waals surface area contributed by atoms with Crippen molar-refractivity contribution in [2.75, 3.05) is 6.54 Å². The van der Waals surface area contributed by atoms with Gasteiger partial charge in [0.2, 0.25) is 0 Å². The van der Waals surface area contributed by atoms with Gasteiger partial charge in [0.05, 0.1) is 5.02 Å². The van der Waals surface area contributed by atoms with Crippen LogP contribution in [0, 0.1) is 0 Å². The summed E-state index contributed by atoms with van der Waals surface area (Å²) in [5.74, 6) is 0. The number of hydrogen-bond acceptors (Lipinski definition) is 3. The Labute approximate surface area is 109 Å². The number of hydrogen-bond donors (Lipinski definition) is 1. The molecule has 0 radical (unpaired) electrons. The topological polar surface area (TPSA) is 26.0 Å². The second kappa shape index (κ2) is 5.73. The van der Waals surface area contributed by atoms with E-state index >= 15 is 0 Å². The summed E-state index contributed by atoms with van der Waals surface area (Å²) in [7, 11) is 0. The molecule has 1 aromatic heterocycles. The molecule has 1 atom stereocenters. The molecule has 0 saturated carbocycles. The smallest absolute Gasteiger partial charge is 0.0542 e. The quantitative estimate of drug-likeness (QED) is 0.842. The lowest BCUT2D eigenvalue weighted by Crippen LogP contribution is -2.08. The van der Waals surface area contributed by atoms with Gasteiger partial charge in [-0.15, -0.1) is 11.8 Å². The fourth-order valence-corrected chi connectivity index (χ4v) is 3.50. The first-order chi connectivity index (χ1) is 7.81. The van der Waals surface area contributed by atoms with Crippen LogP contribution >= 0.6 is 34.7 Å². The van der Waals surface area contributed by atoms with E-state index in [4.69, 9.17) is 17.3 Å². The van der Waals surface area contributed by atoms with Crippen molar-refractivity contribution in [2.45, 2.75) is 10.1 Å². The van der Waals surface area contributed by atoms with E-state index in [1.165, 1.54) is 5.56 Å². The van der Waals surface area contributed by atoms with Gasteiger partial charge in [0.15, 0.2) is 0 Å². The second-order valence-corrected chi connectivity index (χ2v) is 5.76. The monoisotopic (exact) mass is 269 g/mol. The Morgan fingerprint density at radius 1 is 1.31 bits per heavy atom. The Morgan fingerprint density at radius 2 is 2.12 bits per heavy atom. The molecule has 0 saturated heterocycles. The van der Waals surface area contributed by atoms with Crippen LogP contribution in [0.3, 0.4) is 0 Å². The SMILES string of the molecule is NCC(Sc1ccccc1Cl)c1ccsc1. The first kappa shape index (κ1) is 12.0. The third-order valence-corrected chi connectivity index (χ3v) is 4.74. The van der Waals surface area contributed by atoms with Gasteiger partial charge in [-0.1, -0.05) is 23.7 Å². The van der Waals surface area contributed by atoms with E-state index in [9.17, 15) is 0 Å². The van der Waals surface area contributed by atoms with Gasteiger partial charge in [-0.05, 0) is 34.5 Å². The zero-order valence-electron chi connectivity index (χ0n) is 8.60. The van der Waals surface area contributed by atoms with E-state index in [0.29, 0.717) is 6.54 Å². The minimum absolute atomic E-state index is 0.283. The van der Waals surface area contributed by atoms with Crippen molar-refractivity contribution < 1.29 is 0 Å². The number of nitrogens with two attached hydrogens (primary N) is 1. The lowest BCUT2D eigenvalue weighted by atomic mass is 10.2. The van der Waals surface area contributed by atoms with Crippen LogP contribution < -0.4 is 5.73 Å². The van der Waals surface area contributed by atoms with E-state index in [0.717, 1.165) is 9.92 Å². The van der Waals surface area contributed by atoms with Gasteiger partial charge in [0.25, 0.3) is 0 Å². The predicted octanol–water partition coefficient (Wildman–Crippen LogP) is 4.19. The molecule has 2 N–H and O–H groups in total. The van der Waals surface area contributed by atoms with Gasteiger partial charge in [-0.25, -0.2) is 0 Å². The van der Waals surface area contributed by atoms with Crippen molar-refractivity contribution in [3.8, 4) is 0 Å². The maximum Gasteiger partial charge on any atom is 0.0542 e. The van der Waals surface area contributed by atoms with Crippen molar-refractivity contribution in [2.24, 2.45) is 5.73 Å². The van der Waals surface area contributed by atoms with E-state index in [-0.39, 0.29) is 5.25 Å². The van der Waals surface area contributed by atoms with Crippen LogP contribution in [0.25, 0.3) is 0 Å². The van der Waals surface area contributed by atoms with E-state index in [1.54, 1.807) is 23.1 Å². The number of thioether (sulfide) groups is 1. The van der Waals surface area contributed by atoms with Gasteiger partial charge in [0, 0.05) is 16.7 Å². The van der Waals surface area contributed by atoms with Gasteiger partial charge in [-0.2, -0.15) is 11.3 Å². The highest BCUT2D eigenvalue weighted by Gasteiger charge is 2.13. The Hall–Kier alpha value is -0.480.